The maximum Gasteiger partial charge on any atom is 0.244 e. The van der Waals surface area contributed by atoms with E-state index in [1.165, 1.54) is 0 Å². The summed E-state index contributed by atoms with van der Waals surface area (Å²) in [4.78, 5) is 26.8. The van der Waals surface area contributed by atoms with Crippen molar-refractivity contribution >= 4 is 40.7 Å². The average molecular weight is 386 g/mol. The highest BCUT2D eigenvalue weighted by atomic mass is 35.5. The molecular formula is C18H25Cl2N3O2. The Hall–Kier alpha value is -1.30. The largest absolute Gasteiger partial charge is 0.333 e. The molecule has 2 N–H and O–H groups in total. The summed E-state index contributed by atoms with van der Waals surface area (Å²) in [5.74, 6) is -0.213. The number of rotatable bonds is 6. The van der Waals surface area contributed by atoms with Crippen molar-refractivity contribution in [3.8, 4) is 0 Å². The van der Waals surface area contributed by atoms with Crippen LogP contribution in [0.2, 0.25) is 10.0 Å². The fourth-order valence-electron chi connectivity index (χ4n) is 3.11. The van der Waals surface area contributed by atoms with E-state index in [-0.39, 0.29) is 24.3 Å². The quantitative estimate of drug-likeness (QED) is 0.786. The van der Waals surface area contributed by atoms with E-state index in [0.29, 0.717) is 28.3 Å². The Bertz CT molecular complexity index is 624. The van der Waals surface area contributed by atoms with Crippen LogP contribution in [0.5, 0.6) is 0 Å². The average Bonchev–Trinajstić information content (AvgIpc) is 2.56. The number of piperidine rings is 1. The second kappa shape index (κ2) is 9.41. The van der Waals surface area contributed by atoms with Crippen LogP contribution in [0.1, 0.15) is 33.1 Å². The molecule has 0 radical (unpaired) electrons. The van der Waals surface area contributed by atoms with Gasteiger partial charge in [-0.3, -0.25) is 9.59 Å². The first-order chi connectivity index (χ1) is 11.9. The minimum absolute atomic E-state index is 0.0188. The fourth-order valence-corrected chi connectivity index (χ4v) is 3.56. The highest BCUT2D eigenvalue weighted by Crippen LogP contribution is 2.25. The van der Waals surface area contributed by atoms with Crippen LogP contribution >= 0.6 is 23.2 Å². The standard InChI is InChI=1S/C18H25Cl2N3O2/c1-3-8-23(18(25)13-6-7-21-12(2)9-13)11-17(24)22-16-5-4-14(19)10-15(16)20/h4-5,10,12-13,21H,3,6-9,11H2,1-2H3,(H,22,24)/t12-,13-/m0/s1. The summed E-state index contributed by atoms with van der Waals surface area (Å²) in [7, 11) is 0. The number of hydrogen-bond acceptors (Lipinski definition) is 3. The Balaban J connectivity index is 1.99. The molecule has 1 aliphatic rings. The van der Waals surface area contributed by atoms with Gasteiger partial charge in [-0.15, -0.1) is 0 Å². The molecule has 0 spiro atoms. The summed E-state index contributed by atoms with van der Waals surface area (Å²) in [6.07, 6.45) is 2.43. The number of nitrogens with zero attached hydrogens (tertiary/aromatic N) is 1. The van der Waals surface area contributed by atoms with Gasteiger partial charge in [0.2, 0.25) is 11.8 Å². The lowest BCUT2D eigenvalue weighted by molar-refractivity contribution is -0.139. The van der Waals surface area contributed by atoms with Gasteiger partial charge in [0.1, 0.15) is 0 Å². The molecule has 1 fully saturated rings. The summed E-state index contributed by atoms with van der Waals surface area (Å²) < 4.78 is 0. The SMILES string of the molecule is CCCN(CC(=O)Nc1ccc(Cl)cc1Cl)C(=O)[C@H]1CCN[C@@H](C)C1. The Labute approximate surface area is 159 Å². The van der Waals surface area contributed by atoms with Crippen LogP contribution in [0.15, 0.2) is 18.2 Å². The molecule has 1 heterocycles. The molecule has 1 aromatic carbocycles. The number of amides is 2. The number of carbonyl (C=O) groups excluding carboxylic acids is 2. The summed E-state index contributed by atoms with van der Waals surface area (Å²) in [6.45, 7) is 5.52. The van der Waals surface area contributed by atoms with Gasteiger partial charge in [-0.25, -0.2) is 0 Å². The fraction of sp³-hybridized carbons (Fsp3) is 0.556. The zero-order chi connectivity index (χ0) is 18.4. The van der Waals surface area contributed by atoms with Gasteiger partial charge in [-0.05, 0) is 50.9 Å². The van der Waals surface area contributed by atoms with Crippen LogP contribution in [-0.4, -0.2) is 42.4 Å². The number of halogens is 2. The summed E-state index contributed by atoms with van der Waals surface area (Å²) >= 11 is 11.9. The third-order valence-corrected chi connectivity index (χ3v) is 4.87. The Morgan fingerprint density at radius 1 is 1.36 bits per heavy atom. The van der Waals surface area contributed by atoms with Crippen molar-refractivity contribution in [3.05, 3.63) is 28.2 Å². The monoisotopic (exact) mass is 385 g/mol. The molecule has 2 amide bonds. The summed E-state index contributed by atoms with van der Waals surface area (Å²) in [5.41, 5.74) is 0.496. The van der Waals surface area contributed by atoms with Crippen LogP contribution in [0, 0.1) is 5.92 Å². The second-order valence-electron chi connectivity index (χ2n) is 6.51. The maximum atomic E-state index is 12.8. The van der Waals surface area contributed by atoms with Crippen molar-refractivity contribution in [2.24, 2.45) is 5.92 Å². The third-order valence-electron chi connectivity index (χ3n) is 4.32. The van der Waals surface area contributed by atoms with Gasteiger partial charge in [0.05, 0.1) is 17.3 Å². The number of carbonyl (C=O) groups is 2. The molecule has 0 aromatic heterocycles. The van der Waals surface area contributed by atoms with E-state index in [2.05, 4.69) is 17.6 Å². The predicted octanol–water partition coefficient (Wildman–Crippen LogP) is 3.56. The molecule has 0 saturated carbocycles. The van der Waals surface area contributed by atoms with Gasteiger partial charge >= 0.3 is 0 Å². The third kappa shape index (κ3) is 5.87. The van der Waals surface area contributed by atoms with Gasteiger partial charge in [0, 0.05) is 23.5 Å². The van der Waals surface area contributed by atoms with Crippen LogP contribution in [0.4, 0.5) is 5.69 Å². The van der Waals surface area contributed by atoms with Crippen molar-refractivity contribution in [1.29, 1.82) is 0 Å². The van der Waals surface area contributed by atoms with E-state index in [0.717, 1.165) is 25.8 Å². The van der Waals surface area contributed by atoms with E-state index >= 15 is 0 Å². The molecule has 2 rings (SSSR count). The Morgan fingerprint density at radius 3 is 2.76 bits per heavy atom. The lowest BCUT2D eigenvalue weighted by atomic mass is 9.92. The van der Waals surface area contributed by atoms with Crippen molar-refractivity contribution in [2.45, 2.75) is 39.2 Å². The molecule has 25 heavy (non-hydrogen) atoms. The highest BCUT2D eigenvalue weighted by molar-refractivity contribution is 6.36. The number of nitrogens with one attached hydrogen (secondary N) is 2. The van der Waals surface area contributed by atoms with Gasteiger partial charge in [0.25, 0.3) is 0 Å². The van der Waals surface area contributed by atoms with Crippen LogP contribution in [0.25, 0.3) is 0 Å². The van der Waals surface area contributed by atoms with Crippen molar-refractivity contribution in [3.63, 3.8) is 0 Å². The minimum atomic E-state index is -0.256. The van der Waals surface area contributed by atoms with Crippen molar-refractivity contribution in [1.82, 2.24) is 10.2 Å². The van der Waals surface area contributed by atoms with Gasteiger partial charge in [0.15, 0.2) is 0 Å². The van der Waals surface area contributed by atoms with E-state index < -0.39 is 0 Å². The molecule has 0 bridgehead atoms. The first kappa shape index (κ1) is 20.0. The molecule has 0 aliphatic carbocycles. The molecular weight excluding hydrogens is 361 g/mol. The zero-order valence-electron chi connectivity index (χ0n) is 14.6. The normalized spacial score (nSPS) is 20.2. The van der Waals surface area contributed by atoms with Gasteiger partial charge < -0.3 is 15.5 Å². The zero-order valence-corrected chi connectivity index (χ0v) is 16.2. The Morgan fingerprint density at radius 2 is 2.12 bits per heavy atom. The Kier molecular flexibility index (Phi) is 7.54. The molecule has 1 aromatic rings. The predicted molar refractivity (Wildman–Crippen MR) is 102 cm³/mol. The topological polar surface area (TPSA) is 61.4 Å². The van der Waals surface area contributed by atoms with Crippen LogP contribution in [-0.2, 0) is 9.59 Å². The molecule has 138 valence electrons. The van der Waals surface area contributed by atoms with Gasteiger partial charge in [-0.2, -0.15) is 0 Å². The van der Waals surface area contributed by atoms with E-state index in [9.17, 15) is 9.59 Å². The number of anilines is 1. The van der Waals surface area contributed by atoms with Crippen LogP contribution < -0.4 is 10.6 Å². The second-order valence-corrected chi connectivity index (χ2v) is 7.35. The molecule has 5 nitrogen and oxygen atoms in total. The summed E-state index contributed by atoms with van der Waals surface area (Å²) in [5, 5.41) is 6.99. The first-order valence-electron chi connectivity index (χ1n) is 8.67. The smallest absolute Gasteiger partial charge is 0.244 e. The molecule has 7 heteroatoms. The molecule has 1 saturated heterocycles. The van der Waals surface area contributed by atoms with Crippen molar-refractivity contribution in [2.75, 3.05) is 25.0 Å². The number of benzene rings is 1. The van der Waals surface area contributed by atoms with Crippen molar-refractivity contribution < 1.29 is 9.59 Å². The highest BCUT2D eigenvalue weighted by Gasteiger charge is 2.29. The number of hydrogen-bond donors (Lipinski definition) is 2. The maximum absolute atomic E-state index is 12.8. The van der Waals surface area contributed by atoms with Crippen LogP contribution in [0.3, 0.4) is 0 Å². The van der Waals surface area contributed by atoms with E-state index in [1.807, 2.05) is 6.92 Å². The van der Waals surface area contributed by atoms with E-state index in [4.69, 9.17) is 23.2 Å². The lowest BCUT2D eigenvalue weighted by Crippen LogP contribution is -2.46. The van der Waals surface area contributed by atoms with Gasteiger partial charge in [-0.1, -0.05) is 30.1 Å². The molecule has 1 aliphatic heterocycles. The first-order valence-corrected chi connectivity index (χ1v) is 9.43. The summed E-state index contributed by atoms with van der Waals surface area (Å²) in [6, 6.07) is 5.22. The lowest BCUT2D eigenvalue weighted by Gasteiger charge is -2.31. The molecule has 2 atom stereocenters. The molecule has 0 unspecified atom stereocenters. The minimum Gasteiger partial charge on any atom is -0.333 e. The van der Waals surface area contributed by atoms with E-state index in [1.54, 1.807) is 23.1 Å².